The lowest BCUT2D eigenvalue weighted by molar-refractivity contribution is -0.0530. The number of hydrogen-bond donors (Lipinski definition) is 1. The van der Waals surface area contributed by atoms with Gasteiger partial charge in [-0.3, -0.25) is 0 Å². The zero-order chi connectivity index (χ0) is 19.1. The topological polar surface area (TPSA) is 69.3 Å². The van der Waals surface area contributed by atoms with Gasteiger partial charge in [0, 0.05) is 25.2 Å². The molecule has 2 unspecified atom stereocenters. The van der Waals surface area contributed by atoms with E-state index in [0.717, 1.165) is 0 Å². The molecule has 2 atom stereocenters. The molecule has 0 aliphatic carbocycles. The molecule has 1 fully saturated rings. The molecule has 7 nitrogen and oxygen atoms in total. The number of morpholine rings is 1. The number of amides is 2. The summed E-state index contributed by atoms with van der Waals surface area (Å²) in [5.41, 5.74) is 0.608. The third-order valence-electron chi connectivity index (χ3n) is 3.87. The second-order valence-corrected chi connectivity index (χ2v) is 6.19. The molecule has 0 radical (unpaired) electrons. The van der Waals surface area contributed by atoms with Crippen LogP contribution in [0.5, 0.6) is 17.2 Å². The van der Waals surface area contributed by atoms with Crippen LogP contribution in [-0.2, 0) is 4.74 Å². The number of urea groups is 1. The molecule has 2 rings (SSSR count). The van der Waals surface area contributed by atoms with Gasteiger partial charge in [-0.25, -0.2) is 4.79 Å². The van der Waals surface area contributed by atoms with Gasteiger partial charge in [-0.1, -0.05) is 0 Å². The highest BCUT2D eigenvalue weighted by atomic mass is 16.5. The Balaban J connectivity index is 2.23. The van der Waals surface area contributed by atoms with Crippen molar-refractivity contribution in [1.82, 2.24) is 4.90 Å². The summed E-state index contributed by atoms with van der Waals surface area (Å²) in [7, 11) is 0. The molecule has 146 valence electrons. The molecule has 1 aromatic rings. The average Bonchev–Trinajstić information content (AvgIpc) is 2.57. The van der Waals surface area contributed by atoms with Crippen LogP contribution in [0.1, 0.15) is 34.6 Å². The predicted molar refractivity (Wildman–Crippen MR) is 101 cm³/mol. The van der Waals surface area contributed by atoms with Crippen molar-refractivity contribution in [3.05, 3.63) is 12.1 Å². The fraction of sp³-hybridized carbons (Fsp3) is 0.632. The second kappa shape index (κ2) is 9.52. The van der Waals surface area contributed by atoms with Gasteiger partial charge in [0.15, 0.2) is 11.5 Å². The third kappa shape index (κ3) is 5.17. The van der Waals surface area contributed by atoms with Gasteiger partial charge in [0.05, 0.1) is 37.7 Å². The van der Waals surface area contributed by atoms with Gasteiger partial charge in [0.2, 0.25) is 5.75 Å². The Hall–Kier alpha value is -2.15. The van der Waals surface area contributed by atoms with Gasteiger partial charge in [0.1, 0.15) is 0 Å². The summed E-state index contributed by atoms with van der Waals surface area (Å²) >= 11 is 0. The molecule has 1 aliphatic rings. The Morgan fingerprint density at radius 1 is 1.04 bits per heavy atom. The van der Waals surface area contributed by atoms with E-state index in [1.807, 2.05) is 34.6 Å². The maximum absolute atomic E-state index is 12.7. The van der Waals surface area contributed by atoms with Gasteiger partial charge in [0.25, 0.3) is 0 Å². The van der Waals surface area contributed by atoms with E-state index in [1.165, 1.54) is 0 Å². The monoisotopic (exact) mass is 366 g/mol. The van der Waals surface area contributed by atoms with E-state index < -0.39 is 0 Å². The molecule has 0 saturated carbocycles. The van der Waals surface area contributed by atoms with Crippen molar-refractivity contribution < 1.29 is 23.7 Å². The van der Waals surface area contributed by atoms with E-state index >= 15 is 0 Å². The number of carbonyl (C=O) groups is 1. The molecule has 1 saturated heterocycles. The van der Waals surface area contributed by atoms with Gasteiger partial charge < -0.3 is 29.2 Å². The zero-order valence-corrected chi connectivity index (χ0v) is 16.3. The Bertz CT molecular complexity index is 571. The van der Waals surface area contributed by atoms with E-state index in [1.54, 1.807) is 17.0 Å². The lowest BCUT2D eigenvalue weighted by Gasteiger charge is -2.35. The van der Waals surface area contributed by atoms with Gasteiger partial charge in [-0.15, -0.1) is 0 Å². The molecule has 1 N–H and O–H groups in total. The lowest BCUT2D eigenvalue weighted by atomic mass is 10.2. The van der Waals surface area contributed by atoms with Crippen LogP contribution in [0.3, 0.4) is 0 Å². The SMILES string of the molecule is CCOc1cc(NC(=O)N2CC(C)OC(C)C2)cc(OCC)c1OCC. The summed E-state index contributed by atoms with van der Waals surface area (Å²) in [6.45, 7) is 12.2. The van der Waals surface area contributed by atoms with Crippen molar-refractivity contribution in [2.24, 2.45) is 0 Å². The minimum atomic E-state index is -0.166. The van der Waals surface area contributed by atoms with Crippen LogP contribution in [0.4, 0.5) is 10.5 Å². The van der Waals surface area contributed by atoms with Gasteiger partial charge >= 0.3 is 6.03 Å². The normalized spacial score (nSPS) is 19.8. The summed E-state index contributed by atoms with van der Waals surface area (Å²) in [6, 6.07) is 3.37. The highest BCUT2D eigenvalue weighted by molar-refractivity contribution is 5.90. The van der Waals surface area contributed by atoms with Crippen LogP contribution in [0, 0.1) is 0 Å². The van der Waals surface area contributed by atoms with E-state index in [4.69, 9.17) is 18.9 Å². The lowest BCUT2D eigenvalue weighted by Crippen LogP contribution is -2.49. The first-order chi connectivity index (χ1) is 12.5. The van der Waals surface area contributed by atoms with Crippen LogP contribution in [0.25, 0.3) is 0 Å². The summed E-state index contributed by atoms with van der Waals surface area (Å²) in [6.07, 6.45) is 0.0330. The van der Waals surface area contributed by atoms with Crippen molar-refractivity contribution in [1.29, 1.82) is 0 Å². The number of carbonyl (C=O) groups excluding carboxylic acids is 1. The summed E-state index contributed by atoms with van der Waals surface area (Å²) in [5.74, 6) is 1.67. The fourth-order valence-electron chi connectivity index (χ4n) is 3.01. The Kier molecular flexibility index (Phi) is 7.38. The van der Waals surface area contributed by atoms with Crippen molar-refractivity contribution in [2.45, 2.75) is 46.8 Å². The Morgan fingerprint density at radius 3 is 2.00 bits per heavy atom. The van der Waals surface area contributed by atoms with Crippen LogP contribution < -0.4 is 19.5 Å². The van der Waals surface area contributed by atoms with Crippen LogP contribution >= 0.6 is 0 Å². The number of ether oxygens (including phenoxy) is 4. The van der Waals surface area contributed by atoms with Crippen LogP contribution in [0.2, 0.25) is 0 Å². The van der Waals surface area contributed by atoms with E-state index in [0.29, 0.717) is 55.8 Å². The molecule has 1 heterocycles. The number of anilines is 1. The molecule has 1 aromatic carbocycles. The minimum absolute atomic E-state index is 0.0165. The first-order valence-electron chi connectivity index (χ1n) is 9.26. The average molecular weight is 366 g/mol. The number of rotatable bonds is 7. The summed E-state index contributed by atoms with van der Waals surface area (Å²) in [5, 5.41) is 2.94. The molecule has 26 heavy (non-hydrogen) atoms. The van der Waals surface area contributed by atoms with Crippen LogP contribution in [0.15, 0.2) is 12.1 Å². The van der Waals surface area contributed by atoms with Gasteiger partial charge in [-0.05, 0) is 34.6 Å². The molecule has 0 bridgehead atoms. The molecule has 0 spiro atoms. The largest absolute Gasteiger partial charge is 0.490 e. The Morgan fingerprint density at radius 2 is 1.54 bits per heavy atom. The molecular weight excluding hydrogens is 336 g/mol. The Labute approximate surface area is 155 Å². The van der Waals surface area contributed by atoms with Crippen LogP contribution in [-0.4, -0.2) is 56.0 Å². The number of nitrogens with zero attached hydrogens (tertiary/aromatic N) is 1. The maximum atomic E-state index is 12.7. The molecular formula is C19H30N2O5. The van der Waals surface area contributed by atoms with Crippen molar-refractivity contribution in [3.63, 3.8) is 0 Å². The smallest absolute Gasteiger partial charge is 0.322 e. The first kappa shape index (κ1) is 20.2. The van der Waals surface area contributed by atoms with E-state index in [-0.39, 0.29) is 18.2 Å². The quantitative estimate of drug-likeness (QED) is 0.799. The van der Waals surface area contributed by atoms with Crippen molar-refractivity contribution >= 4 is 11.7 Å². The molecule has 0 aromatic heterocycles. The van der Waals surface area contributed by atoms with Gasteiger partial charge in [-0.2, -0.15) is 0 Å². The molecule has 2 amide bonds. The summed E-state index contributed by atoms with van der Waals surface area (Å²) in [4.78, 5) is 14.4. The standard InChI is InChI=1S/C19H30N2O5/c1-6-23-16-9-15(10-17(24-7-2)18(16)25-8-3)20-19(22)21-11-13(4)26-14(5)12-21/h9-10,13-14H,6-8,11-12H2,1-5H3,(H,20,22). The minimum Gasteiger partial charge on any atom is -0.490 e. The molecule has 1 aliphatic heterocycles. The maximum Gasteiger partial charge on any atom is 0.322 e. The zero-order valence-electron chi connectivity index (χ0n) is 16.3. The van der Waals surface area contributed by atoms with E-state index in [9.17, 15) is 4.79 Å². The number of nitrogens with one attached hydrogen (secondary N) is 1. The highest BCUT2D eigenvalue weighted by Gasteiger charge is 2.26. The van der Waals surface area contributed by atoms with Crippen molar-refractivity contribution in [3.8, 4) is 17.2 Å². The second-order valence-electron chi connectivity index (χ2n) is 6.19. The van der Waals surface area contributed by atoms with E-state index in [2.05, 4.69) is 5.32 Å². The fourth-order valence-corrected chi connectivity index (χ4v) is 3.01. The third-order valence-corrected chi connectivity index (χ3v) is 3.87. The first-order valence-corrected chi connectivity index (χ1v) is 9.26. The number of hydrogen-bond acceptors (Lipinski definition) is 5. The predicted octanol–water partition coefficient (Wildman–Crippen LogP) is 3.52. The highest BCUT2D eigenvalue weighted by Crippen LogP contribution is 2.40. The molecule has 7 heteroatoms. The van der Waals surface area contributed by atoms with Crippen molar-refractivity contribution in [2.75, 3.05) is 38.2 Å². The number of benzene rings is 1. The summed E-state index contributed by atoms with van der Waals surface area (Å²) < 4.78 is 22.7.